The highest BCUT2D eigenvalue weighted by Crippen LogP contribution is 2.25. The number of amides is 1. The molecule has 3 aromatic carbocycles. The molecule has 37 heavy (non-hydrogen) atoms. The first-order valence-electron chi connectivity index (χ1n) is 12.5. The summed E-state index contributed by atoms with van der Waals surface area (Å²) in [7, 11) is -3.98. The van der Waals surface area contributed by atoms with E-state index < -0.39 is 10.0 Å². The van der Waals surface area contributed by atoms with E-state index in [1.807, 2.05) is 64.1 Å². The van der Waals surface area contributed by atoms with Gasteiger partial charge < -0.3 is 14.8 Å². The van der Waals surface area contributed by atoms with Crippen molar-refractivity contribution in [2.24, 2.45) is 0 Å². The molecule has 0 aliphatic carbocycles. The number of benzene rings is 3. The monoisotopic (exact) mass is 524 g/mol. The smallest absolute Gasteiger partial charge is 0.264 e. The number of rotatable bonds is 13. The Labute approximate surface area is 220 Å². The van der Waals surface area contributed by atoms with Crippen molar-refractivity contribution in [2.45, 2.75) is 51.5 Å². The summed E-state index contributed by atoms with van der Waals surface area (Å²) < 4.78 is 39.4. The third kappa shape index (κ3) is 8.25. The SMILES string of the molecule is CCOc1ccc(S(=O)(=O)N(CC(=O)NCCCc2cccc(OC(C)C)c2)c2ccc(C)cc2)cc1. The van der Waals surface area contributed by atoms with Crippen LogP contribution in [0, 0.1) is 6.92 Å². The van der Waals surface area contributed by atoms with Gasteiger partial charge in [-0.2, -0.15) is 0 Å². The van der Waals surface area contributed by atoms with Crippen LogP contribution in [0.2, 0.25) is 0 Å². The lowest BCUT2D eigenvalue weighted by Crippen LogP contribution is -2.41. The van der Waals surface area contributed by atoms with Crippen molar-refractivity contribution in [3.8, 4) is 11.5 Å². The predicted octanol–water partition coefficient (Wildman–Crippen LogP) is 5.13. The van der Waals surface area contributed by atoms with E-state index in [1.54, 1.807) is 24.3 Å². The molecule has 7 nitrogen and oxygen atoms in total. The number of hydrogen-bond acceptors (Lipinski definition) is 5. The highest BCUT2D eigenvalue weighted by Gasteiger charge is 2.27. The Bertz CT molecular complexity index is 1260. The molecule has 0 unspecified atom stereocenters. The molecule has 1 N–H and O–H groups in total. The van der Waals surface area contributed by atoms with Gasteiger partial charge in [-0.05, 0) is 94.6 Å². The van der Waals surface area contributed by atoms with E-state index in [1.165, 1.54) is 12.1 Å². The Morgan fingerprint density at radius 1 is 0.973 bits per heavy atom. The molecule has 0 aromatic heterocycles. The van der Waals surface area contributed by atoms with Gasteiger partial charge in [0.1, 0.15) is 18.0 Å². The lowest BCUT2D eigenvalue weighted by molar-refractivity contribution is -0.119. The largest absolute Gasteiger partial charge is 0.494 e. The summed E-state index contributed by atoms with van der Waals surface area (Å²) in [5.74, 6) is 1.04. The number of carbonyl (C=O) groups excluding carboxylic acids is 1. The molecule has 3 aromatic rings. The summed E-state index contributed by atoms with van der Waals surface area (Å²) in [5, 5.41) is 2.86. The molecule has 0 heterocycles. The fraction of sp³-hybridized carbons (Fsp3) is 0.345. The minimum absolute atomic E-state index is 0.0906. The number of anilines is 1. The van der Waals surface area contributed by atoms with Gasteiger partial charge in [-0.3, -0.25) is 9.10 Å². The Morgan fingerprint density at radius 3 is 2.32 bits per heavy atom. The van der Waals surface area contributed by atoms with E-state index in [0.29, 0.717) is 31.0 Å². The van der Waals surface area contributed by atoms with Crippen LogP contribution in [0.5, 0.6) is 11.5 Å². The van der Waals surface area contributed by atoms with E-state index in [9.17, 15) is 13.2 Å². The molecule has 198 valence electrons. The summed E-state index contributed by atoms with van der Waals surface area (Å²) in [6, 6.07) is 21.2. The van der Waals surface area contributed by atoms with Crippen molar-refractivity contribution in [3.05, 3.63) is 83.9 Å². The van der Waals surface area contributed by atoms with E-state index in [-0.39, 0.29) is 23.5 Å². The lowest BCUT2D eigenvalue weighted by atomic mass is 10.1. The normalized spacial score (nSPS) is 11.3. The number of carbonyl (C=O) groups is 1. The molecule has 0 spiro atoms. The van der Waals surface area contributed by atoms with Crippen molar-refractivity contribution in [2.75, 3.05) is 24.0 Å². The molecule has 0 saturated heterocycles. The van der Waals surface area contributed by atoms with Crippen molar-refractivity contribution in [1.29, 1.82) is 0 Å². The summed E-state index contributed by atoms with van der Waals surface area (Å²) in [6.45, 7) is 8.35. The summed E-state index contributed by atoms with van der Waals surface area (Å²) in [4.78, 5) is 12.9. The number of hydrogen-bond donors (Lipinski definition) is 1. The van der Waals surface area contributed by atoms with Crippen LogP contribution >= 0.6 is 0 Å². The van der Waals surface area contributed by atoms with Gasteiger partial charge in [-0.15, -0.1) is 0 Å². The van der Waals surface area contributed by atoms with Gasteiger partial charge in [0.25, 0.3) is 10.0 Å². The van der Waals surface area contributed by atoms with Crippen LogP contribution in [-0.4, -0.2) is 40.1 Å². The van der Waals surface area contributed by atoms with Gasteiger partial charge in [0.05, 0.1) is 23.3 Å². The third-order valence-electron chi connectivity index (χ3n) is 5.57. The molecular formula is C29H36N2O5S. The Morgan fingerprint density at radius 2 is 1.68 bits per heavy atom. The first-order chi connectivity index (χ1) is 17.7. The highest BCUT2D eigenvalue weighted by atomic mass is 32.2. The molecule has 0 bridgehead atoms. The molecule has 0 atom stereocenters. The molecule has 8 heteroatoms. The van der Waals surface area contributed by atoms with Crippen molar-refractivity contribution in [1.82, 2.24) is 5.32 Å². The van der Waals surface area contributed by atoms with Crippen molar-refractivity contribution >= 4 is 21.6 Å². The number of aryl methyl sites for hydroxylation is 2. The van der Waals surface area contributed by atoms with E-state index in [2.05, 4.69) is 5.32 Å². The van der Waals surface area contributed by atoms with Gasteiger partial charge >= 0.3 is 0 Å². The number of ether oxygens (including phenoxy) is 2. The molecule has 0 aliphatic rings. The van der Waals surface area contributed by atoms with E-state index >= 15 is 0 Å². The average Bonchev–Trinajstić information content (AvgIpc) is 2.86. The number of nitrogens with one attached hydrogen (secondary N) is 1. The molecule has 3 rings (SSSR count). The fourth-order valence-corrected chi connectivity index (χ4v) is 5.20. The second-order valence-electron chi connectivity index (χ2n) is 9.02. The minimum Gasteiger partial charge on any atom is -0.494 e. The first kappa shape index (κ1) is 28.1. The van der Waals surface area contributed by atoms with Crippen LogP contribution in [0.4, 0.5) is 5.69 Å². The van der Waals surface area contributed by atoms with Crippen LogP contribution in [0.3, 0.4) is 0 Å². The zero-order valence-corrected chi connectivity index (χ0v) is 22.8. The zero-order valence-electron chi connectivity index (χ0n) is 21.9. The maximum atomic E-state index is 13.5. The molecule has 0 radical (unpaired) electrons. The van der Waals surface area contributed by atoms with Crippen molar-refractivity contribution < 1.29 is 22.7 Å². The van der Waals surface area contributed by atoms with Gasteiger partial charge in [-0.25, -0.2) is 8.42 Å². The van der Waals surface area contributed by atoms with Crippen molar-refractivity contribution in [3.63, 3.8) is 0 Å². The summed E-state index contributed by atoms with van der Waals surface area (Å²) in [6.07, 6.45) is 1.58. The second-order valence-corrected chi connectivity index (χ2v) is 10.9. The Hall–Kier alpha value is -3.52. The maximum absolute atomic E-state index is 13.5. The van der Waals surface area contributed by atoms with Gasteiger partial charge in [-0.1, -0.05) is 29.8 Å². The number of nitrogens with zero attached hydrogens (tertiary/aromatic N) is 1. The topological polar surface area (TPSA) is 84.9 Å². The van der Waals surface area contributed by atoms with Gasteiger partial charge in [0.15, 0.2) is 0 Å². The van der Waals surface area contributed by atoms with Crippen LogP contribution in [0.1, 0.15) is 38.3 Å². The lowest BCUT2D eigenvalue weighted by Gasteiger charge is -2.24. The maximum Gasteiger partial charge on any atom is 0.264 e. The molecule has 0 aliphatic heterocycles. The Balaban J connectivity index is 1.66. The fourth-order valence-electron chi connectivity index (χ4n) is 3.78. The predicted molar refractivity (Wildman–Crippen MR) is 147 cm³/mol. The molecular weight excluding hydrogens is 488 g/mol. The summed E-state index contributed by atoms with van der Waals surface area (Å²) in [5.41, 5.74) is 2.54. The van der Waals surface area contributed by atoms with E-state index in [0.717, 1.165) is 27.6 Å². The van der Waals surface area contributed by atoms with Gasteiger partial charge in [0, 0.05) is 6.54 Å². The van der Waals surface area contributed by atoms with E-state index in [4.69, 9.17) is 9.47 Å². The van der Waals surface area contributed by atoms with Crippen LogP contribution in [-0.2, 0) is 21.2 Å². The summed E-state index contributed by atoms with van der Waals surface area (Å²) >= 11 is 0. The van der Waals surface area contributed by atoms with Crippen LogP contribution in [0.25, 0.3) is 0 Å². The highest BCUT2D eigenvalue weighted by molar-refractivity contribution is 7.92. The molecule has 0 fully saturated rings. The molecule has 0 saturated carbocycles. The third-order valence-corrected chi connectivity index (χ3v) is 7.35. The molecule has 1 amide bonds. The van der Waals surface area contributed by atoms with Crippen LogP contribution < -0.4 is 19.1 Å². The zero-order chi connectivity index (χ0) is 26.8. The second kappa shape index (κ2) is 13.1. The first-order valence-corrected chi connectivity index (χ1v) is 14.0. The quantitative estimate of drug-likeness (QED) is 0.314. The van der Waals surface area contributed by atoms with Gasteiger partial charge in [0.2, 0.25) is 5.91 Å². The average molecular weight is 525 g/mol. The number of sulfonamides is 1. The standard InChI is InChI=1S/C29H36N2O5S/c1-5-35-26-15-17-28(18-16-26)37(33,34)31(25-13-11-23(4)12-14-25)21-29(32)30-19-7-9-24-8-6-10-27(20-24)36-22(2)3/h6,8,10-18,20,22H,5,7,9,19,21H2,1-4H3,(H,30,32). The minimum atomic E-state index is -3.98. The van der Waals surface area contributed by atoms with Crippen LogP contribution in [0.15, 0.2) is 77.7 Å². The Kier molecular flexibility index (Phi) is 9.97.